The number of benzene rings is 2. The first-order valence-electron chi connectivity index (χ1n) is 10.8. The number of carbonyl (C=O) groups excluding carboxylic acids is 2. The molecule has 1 N–H and O–H groups in total. The standard InChI is InChI=1S/C25H23ClF3NO5S/c1-4-35-24(32)22-18(13-36(33)19-12-8-7-11-17(19)26)30-14(2)20(23(31)34-3)21(22)15-9-5-6-10-16(15)25(27,28)29/h5-12,21,30H,4,13H2,1-3H3. The largest absolute Gasteiger partial charge is 0.466 e. The van der Waals surface area contributed by atoms with Gasteiger partial charge in [-0.05, 0) is 37.6 Å². The number of halogens is 4. The fourth-order valence-corrected chi connectivity index (χ4v) is 5.55. The second kappa shape index (κ2) is 11.3. The zero-order valence-corrected chi connectivity index (χ0v) is 21.1. The van der Waals surface area contributed by atoms with Crippen molar-refractivity contribution in [3.8, 4) is 0 Å². The molecular formula is C25H23ClF3NO5S. The number of ether oxygens (including phenoxy) is 2. The van der Waals surface area contributed by atoms with Gasteiger partial charge in [0.05, 0.1) is 62.8 Å². The summed E-state index contributed by atoms with van der Waals surface area (Å²) in [4.78, 5) is 26.3. The number of alkyl halides is 3. The first-order valence-corrected chi connectivity index (χ1v) is 12.5. The molecule has 2 aromatic carbocycles. The summed E-state index contributed by atoms with van der Waals surface area (Å²) in [5, 5.41) is 3.12. The van der Waals surface area contributed by atoms with E-state index in [2.05, 4.69) is 5.32 Å². The van der Waals surface area contributed by atoms with Crippen molar-refractivity contribution in [1.82, 2.24) is 5.32 Å². The van der Waals surface area contributed by atoms with Crippen LogP contribution in [0.4, 0.5) is 13.2 Å². The van der Waals surface area contributed by atoms with Crippen molar-refractivity contribution in [3.63, 3.8) is 0 Å². The monoisotopic (exact) mass is 541 g/mol. The maximum Gasteiger partial charge on any atom is 0.416 e. The Morgan fingerprint density at radius 2 is 1.69 bits per heavy atom. The summed E-state index contributed by atoms with van der Waals surface area (Å²) in [6, 6.07) is 11.0. The Balaban J connectivity index is 2.29. The van der Waals surface area contributed by atoms with Gasteiger partial charge in [0.15, 0.2) is 0 Å². The van der Waals surface area contributed by atoms with Gasteiger partial charge in [0.2, 0.25) is 0 Å². The Morgan fingerprint density at radius 3 is 2.31 bits per heavy atom. The van der Waals surface area contributed by atoms with E-state index in [0.717, 1.165) is 13.2 Å². The second-order valence-corrected chi connectivity index (χ2v) is 9.53. The third-order valence-corrected chi connectivity index (χ3v) is 7.32. The highest BCUT2D eigenvalue weighted by Gasteiger charge is 2.43. The van der Waals surface area contributed by atoms with Crippen LogP contribution in [0.5, 0.6) is 0 Å². The van der Waals surface area contributed by atoms with Crippen molar-refractivity contribution < 1.29 is 36.4 Å². The highest BCUT2D eigenvalue weighted by molar-refractivity contribution is 7.85. The first-order chi connectivity index (χ1) is 17.0. The molecule has 192 valence electrons. The highest BCUT2D eigenvalue weighted by Crippen LogP contribution is 2.44. The summed E-state index contributed by atoms with van der Waals surface area (Å²) in [6.45, 7) is 2.93. The number of rotatable bonds is 7. The van der Waals surface area contributed by atoms with Crippen molar-refractivity contribution >= 4 is 34.3 Å². The summed E-state index contributed by atoms with van der Waals surface area (Å²) in [7, 11) is -0.699. The van der Waals surface area contributed by atoms with E-state index in [9.17, 15) is 27.0 Å². The van der Waals surface area contributed by atoms with Gasteiger partial charge < -0.3 is 14.8 Å². The summed E-state index contributed by atoms with van der Waals surface area (Å²) in [5.74, 6) is -3.66. The minimum absolute atomic E-state index is 0.0545. The van der Waals surface area contributed by atoms with E-state index in [4.69, 9.17) is 21.1 Å². The molecule has 2 atom stereocenters. The minimum Gasteiger partial charge on any atom is -0.466 e. The number of carbonyl (C=O) groups is 2. The van der Waals surface area contributed by atoms with Crippen LogP contribution >= 0.6 is 11.6 Å². The van der Waals surface area contributed by atoms with Crippen molar-refractivity contribution in [3.05, 3.63) is 87.2 Å². The second-order valence-electron chi connectivity index (χ2n) is 7.71. The van der Waals surface area contributed by atoms with E-state index in [1.54, 1.807) is 24.3 Å². The van der Waals surface area contributed by atoms with E-state index >= 15 is 0 Å². The van der Waals surface area contributed by atoms with Crippen molar-refractivity contribution in [2.45, 2.75) is 30.8 Å². The topological polar surface area (TPSA) is 81.7 Å². The number of dihydropyridines is 1. The zero-order valence-electron chi connectivity index (χ0n) is 19.6. The molecule has 0 saturated heterocycles. The first kappa shape index (κ1) is 27.5. The van der Waals surface area contributed by atoms with E-state index < -0.39 is 40.4 Å². The molecule has 36 heavy (non-hydrogen) atoms. The Hall–Kier alpha value is -3.11. The van der Waals surface area contributed by atoms with Gasteiger partial charge in [0.25, 0.3) is 0 Å². The highest BCUT2D eigenvalue weighted by atomic mass is 35.5. The van der Waals surface area contributed by atoms with Gasteiger partial charge in [-0.2, -0.15) is 13.2 Å². The summed E-state index contributed by atoms with van der Waals surface area (Å²) < 4.78 is 65.3. The lowest BCUT2D eigenvalue weighted by Gasteiger charge is -2.32. The van der Waals surface area contributed by atoms with Crippen LogP contribution in [-0.4, -0.2) is 35.6 Å². The Labute approximate surface area is 213 Å². The summed E-state index contributed by atoms with van der Waals surface area (Å²) in [6.07, 6.45) is -4.78. The molecule has 2 aromatic rings. The number of hydrogen-bond donors (Lipinski definition) is 1. The fraction of sp³-hybridized carbons (Fsp3) is 0.280. The summed E-state index contributed by atoms with van der Waals surface area (Å²) >= 11 is 6.18. The molecule has 0 bridgehead atoms. The molecule has 0 fully saturated rings. The van der Waals surface area contributed by atoms with Crippen LogP contribution in [0, 0.1) is 0 Å². The predicted octanol–water partition coefficient (Wildman–Crippen LogP) is 5.12. The van der Waals surface area contributed by atoms with Crippen molar-refractivity contribution in [1.29, 1.82) is 0 Å². The molecule has 1 heterocycles. The van der Waals surface area contributed by atoms with Crippen LogP contribution in [0.1, 0.15) is 30.9 Å². The molecule has 0 radical (unpaired) electrons. The number of nitrogens with one attached hydrogen (secondary N) is 1. The normalized spacial score (nSPS) is 16.9. The number of hydrogen-bond acceptors (Lipinski definition) is 6. The molecule has 11 heteroatoms. The van der Waals surface area contributed by atoms with Crippen LogP contribution in [0.2, 0.25) is 5.02 Å². The van der Waals surface area contributed by atoms with Gasteiger partial charge in [-0.3, -0.25) is 4.21 Å². The fourth-order valence-electron chi connectivity index (χ4n) is 4.00. The zero-order chi connectivity index (χ0) is 26.6. The number of methoxy groups -OCH3 is 1. The van der Waals surface area contributed by atoms with Crippen LogP contribution < -0.4 is 5.32 Å². The molecular weight excluding hydrogens is 519 g/mol. The van der Waals surface area contributed by atoms with Gasteiger partial charge in [-0.15, -0.1) is 0 Å². The Morgan fingerprint density at radius 1 is 1.06 bits per heavy atom. The van der Waals surface area contributed by atoms with Gasteiger partial charge >= 0.3 is 18.1 Å². The average molecular weight is 542 g/mol. The lowest BCUT2D eigenvalue weighted by Crippen LogP contribution is -2.35. The average Bonchev–Trinajstić information content (AvgIpc) is 2.83. The molecule has 6 nitrogen and oxygen atoms in total. The van der Waals surface area contributed by atoms with Crippen LogP contribution in [0.3, 0.4) is 0 Å². The van der Waals surface area contributed by atoms with Gasteiger partial charge in [-0.1, -0.05) is 41.9 Å². The van der Waals surface area contributed by atoms with Gasteiger partial charge in [-0.25, -0.2) is 9.59 Å². The molecule has 0 aliphatic carbocycles. The molecule has 3 rings (SSSR count). The minimum atomic E-state index is -4.78. The molecule has 0 spiro atoms. The maximum absolute atomic E-state index is 14.0. The molecule has 0 saturated carbocycles. The number of esters is 2. The predicted molar refractivity (Wildman–Crippen MR) is 128 cm³/mol. The molecule has 0 aromatic heterocycles. The van der Waals surface area contributed by atoms with Gasteiger partial charge in [0, 0.05) is 11.4 Å². The lowest BCUT2D eigenvalue weighted by atomic mass is 9.78. The van der Waals surface area contributed by atoms with Crippen LogP contribution in [0.25, 0.3) is 0 Å². The van der Waals surface area contributed by atoms with Crippen LogP contribution in [-0.2, 0) is 36.0 Å². The van der Waals surface area contributed by atoms with E-state index in [0.29, 0.717) is 0 Å². The molecule has 2 unspecified atom stereocenters. The maximum atomic E-state index is 14.0. The lowest BCUT2D eigenvalue weighted by molar-refractivity contribution is -0.141. The molecule has 1 aliphatic rings. The van der Waals surface area contributed by atoms with E-state index in [-0.39, 0.29) is 50.4 Å². The smallest absolute Gasteiger partial charge is 0.416 e. The van der Waals surface area contributed by atoms with Crippen molar-refractivity contribution in [2.24, 2.45) is 0 Å². The summed E-state index contributed by atoms with van der Waals surface area (Å²) in [5.41, 5.74) is -1.61. The number of allylic oxidation sites excluding steroid dienone is 1. The Bertz CT molecular complexity index is 1270. The van der Waals surface area contributed by atoms with Gasteiger partial charge in [0.1, 0.15) is 0 Å². The molecule has 0 amide bonds. The van der Waals surface area contributed by atoms with Crippen molar-refractivity contribution in [2.75, 3.05) is 19.5 Å². The molecule has 1 aliphatic heterocycles. The third-order valence-electron chi connectivity index (χ3n) is 5.48. The third kappa shape index (κ3) is 5.65. The van der Waals surface area contributed by atoms with Crippen LogP contribution in [0.15, 0.2) is 76.0 Å². The van der Waals surface area contributed by atoms with E-state index in [1.807, 2.05) is 0 Å². The SMILES string of the molecule is CCOC(=O)C1=C(CS(=O)c2ccccc2Cl)NC(C)=C(C(=O)OC)C1c1ccccc1C(F)(F)F. The Kier molecular flexibility index (Phi) is 8.63. The van der Waals surface area contributed by atoms with E-state index in [1.165, 1.54) is 32.0 Å². The quantitative estimate of drug-likeness (QED) is 0.490.